The van der Waals surface area contributed by atoms with Gasteiger partial charge < -0.3 is 10.5 Å². The summed E-state index contributed by atoms with van der Waals surface area (Å²) in [5.41, 5.74) is 8.11. The minimum absolute atomic E-state index is 0.597. The van der Waals surface area contributed by atoms with E-state index in [1.807, 2.05) is 30.3 Å². The van der Waals surface area contributed by atoms with Gasteiger partial charge in [0.05, 0.1) is 7.11 Å². The number of benzene rings is 1. The predicted molar refractivity (Wildman–Crippen MR) is 76.8 cm³/mol. The first-order valence-corrected chi connectivity index (χ1v) is 6.20. The average molecular weight is 257 g/mol. The molecule has 0 atom stereocenters. The zero-order valence-corrected chi connectivity index (χ0v) is 11.3. The number of rotatable bonds is 5. The third kappa shape index (κ3) is 3.69. The van der Waals surface area contributed by atoms with Crippen LogP contribution < -0.4 is 10.5 Å². The Hall–Kier alpha value is -2.07. The second-order valence-electron chi connectivity index (χ2n) is 4.57. The Labute approximate surface area is 113 Å². The number of nitrogens with two attached hydrogens (primary N) is 1. The smallest absolute Gasteiger partial charge is 0.127 e. The zero-order chi connectivity index (χ0) is 13.7. The lowest BCUT2D eigenvalue weighted by Gasteiger charge is -2.17. The summed E-state index contributed by atoms with van der Waals surface area (Å²) in [7, 11) is 3.74. The molecule has 1 aromatic carbocycles. The Morgan fingerprint density at radius 3 is 2.79 bits per heavy atom. The van der Waals surface area contributed by atoms with Gasteiger partial charge >= 0.3 is 0 Å². The molecule has 2 N–H and O–H groups in total. The van der Waals surface area contributed by atoms with Crippen LogP contribution in [0.4, 0.5) is 5.82 Å². The monoisotopic (exact) mass is 257 g/mol. The highest BCUT2D eigenvalue weighted by atomic mass is 16.5. The Bertz CT molecular complexity index is 542. The molecule has 19 heavy (non-hydrogen) atoms. The molecule has 2 rings (SSSR count). The second-order valence-corrected chi connectivity index (χ2v) is 4.57. The van der Waals surface area contributed by atoms with Crippen molar-refractivity contribution in [3.05, 3.63) is 53.7 Å². The van der Waals surface area contributed by atoms with Crippen molar-refractivity contribution in [1.82, 2.24) is 9.88 Å². The minimum Gasteiger partial charge on any atom is -0.497 e. The Morgan fingerprint density at radius 1 is 1.21 bits per heavy atom. The first kappa shape index (κ1) is 13.4. The fourth-order valence-electron chi connectivity index (χ4n) is 2.01. The van der Waals surface area contributed by atoms with Crippen LogP contribution in [0.2, 0.25) is 0 Å². The molecule has 0 radical (unpaired) electrons. The van der Waals surface area contributed by atoms with E-state index < -0.39 is 0 Å². The molecular weight excluding hydrogens is 238 g/mol. The topological polar surface area (TPSA) is 51.4 Å². The molecule has 0 unspecified atom stereocenters. The molecule has 0 spiro atoms. The van der Waals surface area contributed by atoms with Gasteiger partial charge in [-0.3, -0.25) is 4.90 Å². The molecule has 100 valence electrons. The molecule has 0 bridgehead atoms. The van der Waals surface area contributed by atoms with E-state index in [1.165, 1.54) is 5.56 Å². The third-order valence-corrected chi connectivity index (χ3v) is 2.95. The van der Waals surface area contributed by atoms with Crippen molar-refractivity contribution in [2.45, 2.75) is 13.1 Å². The molecule has 0 aliphatic heterocycles. The first-order chi connectivity index (χ1) is 9.19. The second kappa shape index (κ2) is 6.20. The number of anilines is 1. The summed E-state index contributed by atoms with van der Waals surface area (Å²) in [4.78, 5) is 6.29. The largest absolute Gasteiger partial charge is 0.497 e. The maximum atomic E-state index is 5.85. The maximum absolute atomic E-state index is 5.85. The summed E-state index contributed by atoms with van der Waals surface area (Å²) in [6, 6.07) is 12.0. The van der Waals surface area contributed by atoms with Crippen LogP contribution in [0.5, 0.6) is 5.75 Å². The SMILES string of the molecule is COc1cccc(CN(C)Cc2cccnc2N)c1. The molecule has 4 heteroatoms. The number of aromatic nitrogens is 1. The van der Waals surface area contributed by atoms with Gasteiger partial charge in [-0.15, -0.1) is 0 Å². The van der Waals surface area contributed by atoms with Crippen molar-refractivity contribution in [3.8, 4) is 5.75 Å². The van der Waals surface area contributed by atoms with Gasteiger partial charge in [-0.1, -0.05) is 18.2 Å². The molecular formula is C15H19N3O. The first-order valence-electron chi connectivity index (χ1n) is 6.20. The van der Waals surface area contributed by atoms with Crippen LogP contribution in [0.1, 0.15) is 11.1 Å². The van der Waals surface area contributed by atoms with Crippen LogP contribution in [0.3, 0.4) is 0 Å². The molecule has 1 aromatic heterocycles. The van der Waals surface area contributed by atoms with E-state index in [9.17, 15) is 0 Å². The van der Waals surface area contributed by atoms with Gasteiger partial charge in [0.1, 0.15) is 11.6 Å². The van der Waals surface area contributed by atoms with E-state index in [-0.39, 0.29) is 0 Å². The minimum atomic E-state index is 0.597. The molecule has 0 fully saturated rings. The average Bonchev–Trinajstić information content (AvgIpc) is 2.41. The lowest BCUT2D eigenvalue weighted by atomic mass is 10.2. The van der Waals surface area contributed by atoms with Crippen LogP contribution in [0, 0.1) is 0 Å². The van der Waals surface area contributed by atoms with Crippen molar-refractivity contribution < 1.29 is 4.74 Å². The van der Waals surface area contributed by atoms with Crippen molar-refractivity contribution in [1.29, 1.82) is 0 Å². The van der Waals surface area contributed by atoms with E-state index in [4.69, 9.17) is 10.5 Å². The van der Waals surface area contributed by atoms with Crippen molar-refractivity contribution in [2.75, 3.05) is 19.9 Å². The molecule has 0 saturated heterocycles. The third-order valence-electron chi connectivity index (χ3n) is 2.95. The van der Waals surface area contributed by atoms with Gasteiger partial charge in [0.15, 0.2) is 0 Å². The number of hydrogen-bond donors (Lipinski definition) is 1. The van der Waals surface area contributed by atoms with E-state index in [1.54, 1.807) is 13.3 Å². The van der Waals surface area contributed by atoms with Crippen molar-refractivity contribution in [3.63, 3.8) is 0 Å². The highest BCUT2D eigenvalue weighted by Crippen LogP contribution is 2.16. The number of ether oxygens (including phenoxy) is 1. The molecule has 2 aromatic rings. The lowest BCUT2D eigenvalue weighted by molar-refractivity contribution is 0.318. The summed E-state index contributed by atoms with van der Waals surface area (Å²) >= 11 is 0. The summed E-state index contributed by atoms with van der Waals surface area (Å²) in [6.45, 7) is 1.61. The fraction of sp³-hybridized carbons (Fsp3) is 0.267. The lowest BCUT2D eigenvalue weighted by Crippen LogP contribution is -2.18. The van der Waals surface area contributed by atoms with Gasteiger partial charge in [0.25, 0.3) is 0 Å². The standard InChI is InChI=1S/C15H19N3O/c1-18(11-13-6-4-8-17-15(13)16)10-12-5-3-7-14(9-12)19-2/h3-9H,10-11H2,1-2H3,(H2,16,17). The Morgan fingerprint density at radius 2 is 2.05 bits per heavy atom. The molecule has 0 aliphatic carbocycles. The highest BCUT2D eigenvalue weighted by molar-refractivity contribution is 5.38. The number of nitrogen functional groups attached to an aromatic ring is 1. The molecule has 1 heterocycles. The summed E-state index contributed by atoms with van der Waals surface area (Å²) in [5, 5.41) is 0. The Balaban J connectivity index is 2.01. The summed E-state index contributed by atoms with van der Waals surface area (Å²) in [6.07, 6.45) is 1.71. The van der Waals surface area contributed by atoms with Gasteiger partial charge in [-0.2, -0.15) is 0 Å². The quantitative estimate of drug-likeness (QED) is 0.893. The van der Waals surface area contributed by atoms with Crippen LogP contribution in [-0.2, 0) is 13.1 Å². The fourth-order valence-corrected chi connectivity index (χ4v) is 2.01. The van der Waals surface area contributed by atoms with Crippen LogP contribution in [-0.4, -0.2) is 24.0 Å². The van der Waals surface area contributed by atoms with Gasteiger partial charge in [-0.05, 0) is 30.8 Å². The van der Waals surface area contributed by atoms with Crippen molar-refractivity contribution in [2.24, 2.45) is 0 Å². The zero-order valence-electron chi connectivity index (χ0n) is 11.3. The predicted octanol–water partition coefficient (Wildman–Crippen LogP) is 2.30. The van der Waals surface area contributed by atoms with Crippen LogP contribution in [0.25, 0.3) is 0 Å². The maximum Gasteiger partial charge on any atom is 0.127 e. The van der Waals surface area contributed by atoms with E-state index >= 15 is 0 Å². The Kier molecular flexibility index (Phi) is 4.36. The van der Waals surface area contributed by atoms with Gasteiger partial charge in [0.2, 0.25) is 0 Å². The normalized spacial score (nSPS) is 10.7. The number of nitrogens with zero attached hydrogens (tertiary/aromatic N) is 2. The molecule has 0 saturated carbocycles. The van der Waals surface area contributed by atoms with E-state index in [0.29, 0.717) is 5.82 Å². The molecule has 0 amide bonds. The number of pyridine rings is 1. The number of hydrogen-bond acceptors (Lipinski definition) is 4. The van der Waals surface area contributed by atoms with Crippen molar-refractivity contribution >= 4 is 5.82 Å². The van der Waals surface area contributed by atoms with Crippen LogP contribution in [0.15, 0.2) is 42.6 Å². The summed E-state index contributed by atoms with van der Waals surface area (Å²) < 4.78 is 5.23. The van der Waals surface area contributed by atoms with Gasteiger partial charge in [-0.25, -0.2) is 4.98 Å². The molecule has 4 nitrogen and oxygen atoms in total. The van der Waals surface area contributed by atoms with E-state index in [2.05, 4.69) is 23.0 Å². The van der Waals surface area contributed by atoms with E-state index in [0.717, 1.165) is 24.4 Å². The number of methoxy groups -OCH3 is 1. The highest BCUT2D eigenvalue weighted by Gasteiger charge is 2.05. The van der Waals surface area contributed by atoms with Gasteiger partial charge in [0, 0.05) is 24.8 Å². The van der Waals surface area contributed by atoms with Crippen LogP contribution >= 0.6 is 0 Å². The molecule has 0 aliphatic rings. The summed E-state index contributed by atoms with van der Waals surface area (Å²) in [5.74, 6) is 1.48.